The van der Waals surface area contributed by atoms with Crippen molar-refractivity contribution in [1.29, 1.82) is 0 Å². The number of hydrogen-bond acceptors (Lipinski definition) is 4. The number of carbonyl (C=O) groups excluding carboxylic acids is 2. The zero-order valence-corrected chi connectivity index (χ0v) is 16.0. The Balaban J connectivity index is 1.84. The first-order chi connectivity index (χ1) is 12.6. The zero-order chi connectivity index (χ0) is 18.8. The molecular weight excluding hydrogens is 330 g/mol. The molecule has 1 fully saturated rings. The lowest BCUT2D eigenvalue weighted by Gasteiger charge is -2.28. The normalized spacial score (nSPS) is 15.3. The first kappa shape index (κ1) is 20.2. The van der Waals surface area contributed by atoms with Gasteiger partial charge in [-0.1, -0.05) is 32.3 Å². The average Bonchev–Trinajstić information content (AvgIpc) is 2.60. The summed E-state index contributed by atoms with van der Waals surface area (Å²) in [5.74, 6) is 0.700. The third-order valence-electron chi connectivity index (χ3n) is 4.74. The second-order valence-electron chi connectivity index (χ2n) is 6.73. The van der Waals surface area contributed by atoms with Crippen molar-refractivity contribution in [2.75, 3.05) is 45.2 Å². The van der Waals surface area contributed by atoms with Gasteiger partial charge in [0.25, 0.3) is 0 Å². The van der Waals surface area contributed by atoms with E-state index < -0.39 is 0 Å². The van der Waals surface area contributed by atoms with E-state index in [1.54, 1.807) is 13.2 Å². The quantitative estimate of drug-likeness (QED) is 0.811. The van der Waals surface area contributed by atoms with E-state index in [9.17, 15) is 9.59 Å². The largest absolute Gasteiger partial charge is 0.497 e. The summed E-state index contributed by atoms with van der Waals surface area (Å²) in [5.41, 5.74) is 0.695. The summed E-state index contributed by atoms with van der Waals surface area (Å²) in [5, 5.41) is 2.87. The lowest BCUT2D eigenvalue weighted by molar-refractivity contribution is -0.133. The molecule has 1 aromatic rings. The minimum Gasteiger partial charge on any atom is -0.497 e. The Labute approximate surface area is 156 Å². The third-order valence-corrected chi connectivity index (χ3v) is 4.74. The number of methoxy groups -OCH3 is 1. The van der Waals surface area contributed by atoms with Crippen LogP contribution in [0.3, 0.4) is 0 Å². The van der Waals surface area contributed by atoms with Crippen LogP contribution >= 0.6 is 0 Å². The van der Waals surface area contributed by atoms with Gasteiger partial charge in [-0.25, -0.2) is 0 Å². The third kappa shape index (κ3) is 6.67. The molecule has 6 nitrogen and oxygen atoms in total. The Morgan fingerprint density at radius 2 is 1.81 bits per heavy atom. The van der Waals surface area contributed by atoms with E-state index in [4.69, 9.17) is 4.74 Å². The molecule has 26 heavy (non-hydrogen) atoms. The van der Waals surface area contributed by atoms with Crippen LogP contribution in [0.1, 0.15) is 39.0 Å². The number of ether oxygens (including phenoxy) is 1. The molecule has 0 saturated carbocycles. The Hall–Kier alpha value is -2.08. The van der Waals surface area contributed by atoms with Gasteiger partial charge in [0.2, 0.25) is 11.8 Å². The minimum absolute atomic E-state index is 0.124. The summed E-state index contributed by atoms with van der Waals surface area (Å²) in [6.07, 6.45) is 5.82. The number of nitrogens with zero attached hydrogens (tertiary/aromatic N) is 2. The Kier molecular flexibility index (Phi) is 8.41. The molecule has 0 radical (unpaired) electrons. The van der Waals surface area contributed by atoms with E-state index in [0.29, 0.717) is 24.5 Å². The number of likely N-dealkylation sites (tertiary alicyclic amines) is 1. The summed E-state index contributed by atoms with van der Waals surface area (Å²) in [6.45, 7) is 4.80. The van der Waals surface area contributed by atoms with Gasteiger partial charge >= 0.3 is 0 Å². The second kappa shape index (κ2) is 10.8. The topological polar surface area (TPSA) is 61.9 Å². The van der Waals surface area contributed by atoms with Crippen molar-refractivity contribution in [1.82, 2.24) is 9.80 Å². The Bertz CT molecular complexity index is 583. The van der Waals surface area contributed by atoms with Crippen LogP contribution in [0.25, 0.3) is 0 Å². The van der Waals surface area contributed by atoms with Crippen molar-refractivity contribution in [3.63, 3.8) is 0 Å². The fourth-order valence-corrected chi connectivity index (χ4v) is 3.17. The maximum atomic E-state index is 12.6. The van der Waals surface area contributed by atoms with Gasteiger partial charge in [-0.3, -0.25) is 14.5 Å². The SMILES string of the molecule is CCN(CC(=O)Nc1cccc(OC)c1)CC(=O)N1CCCCCCC1. The highest BCUT2D eigenvalue weighted by molar-refractivity contribution is 5.92. The molecule has 1 aliphatic heterocycles. The van der Waals surface area contributed by atoms with Gasteiger partial charge in [-0.2, -0.15) is 0 Å². The predicted molar refractivity (Wildman–Crippen MR) is 103 cm³/mol. The smallest absolute Gasteiger partial charge is 0.238 e. The number of benzene rings is 1. The molecule has 0 atom stereocenters. The molecule has 0 unspecified atom stereocenters. The molecule has 0 spiro atoms. The van der Waals surface area contributed by atoms with Gasteiger partial charge in [-0.05, 0) is 31.5 Å². The first-order valence-corrected chi connectivity index (χ1v) is 9.56. The maximum Gasteiger partial charge on any atom is 0.238 e. The van der Waals surface area contributed by atoms with Crippen LogP contribution in [-0.2, 0) is 9.59 Å². The van der Waals surface area contributed by atoms with E-state index >= 15 is 0 Å². The van der Waals surface area contributed by atoms with Gasteiger partial charge < -0.3 is 15.0 Å². The van der Waals surface area contributed by atoms with Gasteiger partial charge in [-0.15, -0.1) is 0 Å². The molecule has 2 amide bonds. The molecule has 1 N–H and O–H groups in total. The highest BCUT2D eigenvalue weighted by Gasteiger charge is 2.19. The van der Waals surface area contributed by atoms with Crippen LogP contribution in [0.15, 0.2) is 24.3 Å². The Morgan fingerprint density at radius 1 is 1.12 bits per heavy atom. The van der Waals surface area contributed by atoms with Crippen LogP contribution in [0.4, 0.5) is 5.69 Å². The lowest BCUT2D eigenvalue weighted by atomic mass is 10.1. The fraction of sp³-hybridized carbons (Fsp3) is 0.600. The van der Waals surface area contributed by atoms with Crippen LogP contribution in [0.5, 0.6) is 5.75 Å². The first-order valence-electron chi connectivity index (χ1n) is 9.56. The highest BCUT2D eigenvalue weighted by Crippen LogP contribution is 2.16. The number of anilines is 1. The number of nitrogens with one attached hydrogen (secondary N) is 1. The molecule has 0 bridgehead atoms. The van der Waals surface area contributed by atoms with E-state index in [2.05, 4.69) is 5.32 Å². The molecular formula is C20H31N3O3. The van der Waals surface area contributed by atoms with Gasteiger partial charge in [0, 0.05) is 24.8 Å². The van der Waals surface area contributed by atoms with Crippen molar-refractivity contribution in [3.05, 3.63) is 24.3 Å². The zero-order valence-electron chi connectivity index (χ0n) is 16.0. The molecule has 1 aliphatic rings. The maximum absolute atomic E-state index is 12.6. The summed E-state index contributed by atoms with van der Waals surface area (Å²) in [7, 11) is 1.59. The Morgan fingerprint density at radius 3 is 2.46 bits per heavy atom. The second-order valence-corrected chi connectivity index (χ2v) is 6.73. The van der Waals surface area contributed by atoms with Crippen molar-refractivity contribution in [2.24, 2.45) is 0 Å². The summed E-state index contributed by atoms with van der Waals surface area (Å²) in [6, 6.07) is 7.26. The molecule has 2 rings (SSSR count). The molecule has 1 heterocycles. The van der Waals surface area contributed by atoms with E-state index in [-0.39, 0.29) is 18.4 Å². The number of rotatable bonds is 7. The highest BCUT2D eigenvalue weighted by atomic mass is 16.5. The molecule has 0 aliphatic carbocycles. The van der Waals surface area contributed by atoms with Crippen molar-refractivity contribution in [2.45, 2.75) is 39.0 Å². The van der Waals surface area contributed by atoms with Crippen LogP contribution < -0.4 is 10.1 Å². The minimum atomic E-state index is -0.124. The van der Waals surface area contributed by atoms with Crippen molar-refractivity contribution >= 4 is 17.5 Å². The molecule has 1 saturated heterocycles. The number of hydrogen-bond donors (Lipinski definition) is 1. The molecule has 144 valence electrons. The predicted octanol–water partition coefficient (Wildman–Crippen LogP) is 2.75. The average molecular weight is 361 g/mol. The summed E-state index contributed by atoms with van der Waals surface area (Å²) < 4.78 is 5.17. The van der Waals surface area contributed by atoms with Crippen LogP contribution in [0, 0.1) is 0 Å². The van der Waals surface area contributed by atoms with E-state index in [1.807, 2.05) is 34.9 Å². The summed E-state index contributed by atoms with van der Waals surface area (Å²) in [4.78, 5) is 28.8. The molecule has 0 aromatic heterocycles. The van der Waals surface area contributed by atoms with Gasteiger partial charge in [0.1, 0.15) is 5.75 Å². The number of carbonyl (C=O) groups is 2. The monoisotopic (exact) mass is 361 g/mol. The number of likely N-dealkylation sites (N-methyl/N-ethyl adjacent to an activating group) is 1. The van der Waals surface area contributed by atoms with Crippen molar-refractivity contribution < 1.29 is 14.3 Å². The van der Waals surface area contributed by atoms with Crippen LogP contribution in [-0.4, -0.2) is 61.4 Å². The fourth-order valence-electron chi connectivity index (χ4n) is 3.17. The van der Waals surface area contributed by atoms with Gasteiger partial charge in [0.15, 0.2) is 0 Å². The van der Waals surface area contributed by atoms with Gasteiger partial charge in [0.05, 0.1) is 20.2 Å². The summed E-state index contributed by atoms with van der Waals surface area (Å²) >= 11 is 0. The number of amides is 2. The molecule has 1 aromatic carbocycles. The van der Waals surface area contributed by atoms with Crippen molar-refractivity contribution in [3.8, 4) is 5.75 Å². The standard InChI is InChI=1S/C20H31N3O3/c1-3-22(16-20(25)23-12-7-5-4-6-8-13-23)15-19(24)21-17-10-9-11-18(14-17)26-2/h9-11,14H,3-8,12-13,15-16H2,1-2H3,(H,21,24). The van der Waals surface area contributed by atoms with E-state index in [1.165, 1.54) is 19.3 Å². The van der Waals surface area contributed by atoms with Crippen LogP contribution in [0.2, 0.25) is 0 Å². The lowest BCUT2D eigenvalue weighted by Crippen LogP contribution is -2.44. The van der Waals surface area contributed by atoms with E-state index in [0.717, 1.165) is 25.9 Å². The molecule has 6 heteroatoms.